The third kappa shape index (κ3) is 26.8. The maximum Gasteiger partial charge on any atom is 0.416 e. The minimum absolute atomic E-state index is 0. The predicted octanol–water partition coefficient (Wildman–Crippen LogP) is 17.6. The van der Waals surface area contributed by atoms with Crippen molar-refractivity contribution < 1.29 is 95.8 Å². The Morgan fingerprint density at radius 2 is 0.897 bits per heavy atom. The van der Waals surface area contributed by atoms with Gasteiger partial charge in [-0.3, -0.25) is 4.79 Å². The third-order valence-electron chi connectivity index (χ3n) is 14.6. The summed E-state index contributed by atoms with van der Waals surface area (Å²) in [5.41, 5.74) is 19.6. The fourth-order valence-corrected chi connectivity index (χ4v) is 9.34. The molecule has 5 N–H and O–H groups in total. The van der Waals surface area contributed by atoms with Gasteiger partial charge in [-0.2, -0.15) is 39.5 Å². The SMILES string of the molecule is C.C.C1CCOC1.CC1CCCC1=O.CCO.NCc1nncn1Cc1ccc(-c2ccc(C(F)(F)F)cc2)cc1.OC1CCCO1.OCc1nncn1Cc1ccc(-c2ccc(C(F)(F)F)cc2)cc1.[2H][2H].[2H][2H].[2H][2H].[2H][2H].[2H][2H].[2H][2H].[2H][2H].[2H][2H].[2H][2H].[N-]=[N+]=NCc1nncn1Cc1ccc(-c2ccc(C(F)(F)F)cc2)cc1. The van der Waals surface area contributed by atoms with Crippen molar-refractivity contribution in [1.82, 2.24) is 44.3 Å². The Morgan fingerprint density at radius 3 is 1.14 bits per heavy atom. The van der Waals surface area contributed by atoms with Crippen molar-refractivity contribution in [2.75, 3.05) is 26.4 Å². The van der Waals surface area contributed by atoms with Gasteiger partial charge in [-0.15, -0.1) is 30.6 Å². The lowest BCUT2D eigenvalue weighted by Gasteiger charge is -2.09. The zero-order chi connectivity index (χ0) is 86.8. The van der Waals surface area contributed by atoms with E-state index in [1.807, 2.05) is 84.3 Å². The number of benzene rings is 6. The largest absolute Gasteiger partial charge is 0.416 e. The van der Waals surface area contributed by atoms with Gasteiger partial charge in [-0.1, -0.05) is 136 Å². The van der Waals surface area contributed by atoms with E-state index in [1.165, 1.54) is 55.6 Å². The molecule has 5 heterocycles. The van der Waals surface area contributed by atoms with Crippen molar-refractivity contribution in [2.24, 2.45) is 16.8 Å². The molecule has 1 saturated carbocycles. The maximum atomic E-state index is 12.6. The molecule has 0 amide bonds. The summed E-state index contributed by atoms with van der Waals surface area (Å²) < 4.78 is 218. The minimum Gasteiger partial charge on any atom is -0.397 e. The van der Waals surface area contributed by atoms with Crippen molar-refractivity contribution in [3.63, 3.8) is 0 Å². The van der Waals surface area contributed by atoms with Crippen LogP contribution in [0.25, 0.3) is 43.8 Å². The fourth-order valence-electron chi connectivity index (χ4n) is 9.34. The Hall–Kier alpha value is -9.15. The van der Waals surface area contributed by atoms with E-state index in [0.717, 1.165) is 133 Å². The van der Waals surface area contributed by atoms with Crippen LogP contribution < -0.4 is 5.73 Å². The summed E-state index contributed by atoms with van der Waals surface area (Å²) in [5.74, 6) is 2.55. The van der Waals surface area contributed by atoms with Crippen LogP contribution in [0.2, 0.25) is 0 Å². The summed E-state index contributed by atoms with van der Waals surface area (Å²) in [6, 6.07) is 37.8. The number of aliphatic hydroxyl groups is 3. The molecule has 12 rings (SSSR count). The molecular formula is C69H100F9N13O6. The minimum atomic E-state index is -4.34. The molecule has 3 aliphatic rings. The number of ketones is 1. The number of azide groups is 1. The number of aliphatic hydroxyl groups excluding tert-OH is 3. The first-order chi connectivity index (χ1) is 54.5. The van der Waals surface area contributed by atoms with E-state index < -0.39 is 41.5 Å². The topological polar surface area (TPSA) is 263 Å². The second-order valence-corrected chi connectivity index (χ2v) is 21.6. The van der Waals surface area contributed by atoms with Crippen LogP contribution in [0.5, 0.6) is 0 Å². The van der Waals surface area contributed by atoms with Crippen LogP contribution in [0.4, 0.5) is 39.5 Å². The van der Waals surface area contributed by atoms with Gasteiger partial charge in [0.15, 0.2) is 12.1 Å². The predicted molar refractivity (Wildman–Crippen MR) is 369 cm³/mol. The highest BCUT2D eigenvalue weighted by molar-refractivity contribution is 5.82. The number of aromatic nitrogens is 9. The lowest BCUT2D eigenvalue weighted by atomic mass is 10.0. The van der Waals surface area contributed by atoms with Gasteiger partial charge in [0, 0.05) is 76.8 Å². The smallest absolute Gasteiger partial charge is 0.397 e. The molecule has 2 unspecified atom stereocenters. The van der Waals surface area contributed by atoms with Crippen molar-refractivity contribution in [3.05, 3.63) is 226 Å². The molecule has 9 aromatic rings. The van der Waals surface area contributed by atoms with E-state index in [1.54, 1.807) is 28.7 Å². The number of nitrogens with zero attached hydrogens (tertiary/aromatic N) is 12. The van der Waals surface area contributed by atoms with E-state index in [2.05, 4.69) is 40.6 Å². The molecule has 0 spiro atoms. The zero-order valence-electron chi connectivity index (χ0n) is 70.2. The molecule has 1 aliphatic carbocycles. The Morgan fingerprint density at radius 1 is 0.557 bits per heavy atom. The van der Waals surface area contributed by atoms with Gasteiger partial charge in [0.1, 0.15) is 43.0 Å². The molecule has 2 saturated heterocycles. The number of hydrogen-bond donors (Lipinski definition) is 4. The van der Waals surface area contributed by atoms with Crippen molar-refractivity contribution in [2.45, 2.75) is 138 Å². The van der Waals surface area contributed by atoms with Crippen molar-refractivity contribution >= 4 is 5.78 Å². The fraction of sp³-hybridized carbons (Fsp3) is 0.377. The van der Waals surface area contributed by atoms with Gasteiger partial charge < -0.3 is 44.2 Å². The molecular weight excluding hydrogens is 1280 g/mol. The Bertz CT molecular complexity index is 3640. The molecule has 0 radical (unpaired) electrons. The van der Waals surface area contributed by atoms with E-state index >= 15 is 0 Å². The maximum absolute atomic E-state index is 12.6. The van der Waals surface area contributed by atoms with Crippen LogP contribution >= 0.6 is 0 Å². The Labute approximate surface area is 585 Å². The van der Waals surface area contributed by atoms with E-state index in [0.29, 0.717) is 60.9 Å². The van der Waals surface area contributed by atoms with E-state index in [4.69, 9.17) is 62.8 Å². The number of alkyl halides is 9. The van der Waals surface area contributed by atoms with Gasteiger partial charge >= 0.3 is 18.5 Å². The average Bonchev–Trinajstić information content (AvgIpc) is 1.67. The number of ether oxygens (including phenoxy) is 2. The summed E-state index contributed by atoms with van der Waals surface area (Å²) >= 11 is 0. The molecule has 0 bridgehead atoms. The van der Waals surface area contributed by atoms with E-state index in [-0.39, 0.29) is 34.6 Å². The lowest BCUT2D eigenvalue weighted by Crippen LogP contribution is -2.08. The standard InChI is InChI=1S/C17H13F3N6.C17H15F3N4.C17H14F3N3O.C6H10O.C4H8O2.C4H8O.C2H6O.2CH4.9H2/c18-17(19,20)15-7-5-14(6-8-15)13-3-1-12(2-4-13)10-26-11-23-24-16(26)9-22-25-21;18-17(19,20)15-7-5-14(6-8-15)13-3-1-12(2-4-13)10-24-11-22-23-16(24)9-21;18-17(19,20)15-7-5-14(6-8-15)13-3-1-12(2-4-13)9-23-11-21-22-16(23)10-24;1-5-3-2-4-6(5)7;5-4-2-1-3-6-4;1-2-4-5-3-1;1-2-3;;;;;;;;;;;/h1-8,11H,9-10H2;1-8,11H,9-10,21H2;1-8,11,24H,9-10H2;5H,2-4H2,1H3;4-5H,1-3H2;1-4H2;3H,2H2,1H3;2*1H4;9*1H/i;;;;;;;;;9*1+1D. The molecule has 28 heteroatoms. The lowest BCUT2D eigenvalue weighted by molar-refractivity contribution is -0.138. The third-order valence-corrected chi connectivity index (χ3v) is 14.6. The summed E-state index contributed by atoms with van der Waals surface area (Å²) in [7, 11) is 0. The number of rotatable bonds is 13. The first-order valence-corrected chi connectivity index (χ1v) is 30.3. The quantitative estimate of drug-likeness (QED) is 0.0363. The normalized spacial score (nSPS) is 15.4. The van der Waals surface area contributed by atoms with Crippen LogP contribution in [-0.4, -0.2) is 98.1 Å². The van der Waals surface area contributed by atoms with Gasteiger partial charge in [0.2, 0.25) is 0 Å². The van der Waals surface area contributed by atoms with Gasteiger partial charge in [0.05, 0.1) is 49.4 Å². The van der Waals surface area contributed by atoms with E-state index in [9.17, 15) is 44.3 Å². The average molecular weight is 1400 g/mol. The van der Waals surface area contributed by atoms with Crippen molar-refractivity contribution in [1.29, 1.82) is 0 Å². The number of nitrogens with two attached hydrogens (primary N) is 1. The summed E-state index contributed by atoms with van der Waals surface area (Å²) in [4.78, 5) is 13.3. The molecule has 3 aromatic heterocycles. The Balaban J connectivity index is -0.000000313. The van der Waals surface area contributed by atoms with Gasteiger partial charge in [-0.25, -0.2) is 0 Å². The highest BCUT2D eigenvalue weighted by Gasteiger charge is 2.32. The highest BCUT2D eigenvalue weighted by atomic mass is 19.4. The molecule has 2 atom stereocenters. The van der Waals surface area contributed by atoms with Crippen LogP contribution in [0.15, 0.2) is 170 Å². The molecule has 540 valence electrons. The van der Waals surface area contributed by atoms with Crippen molar-refractivity contribution in [3.8, 4) is 33.4 Å². The first-order valence-electron chi connectivity index (χ1n) is 39.3. The van der Waals surface area contributed by atoms with Gasteiger partial charge in [0.25, 0.3) is 0 Å². The van der Waals surface area contributed by atoms with Crippen LogP contribution in [0.1, 0.15) is 151 Å². The number of carbonyl (C=O) groups is 1. The Kier molecular flexibility index (Phi) is 27.7. The number of halogens is 9. The molecule has 19 nitrogen and oxygen atoms in total. The molecule has 6 aromatic carbocycles. The van der Waals surface area contributed by atoms with Crippen LogP contribution in [0.3, 0.4) is 0 Å². The number of Topliss-reactive ketones (excluding diaryl/α,β-unsaturated/α-hetero) is 1. The molecule has 97 heavy (non-hydrogen) atoms. The zero-order valence-corrected chi connectivity index (χ0v) is 52.2. The number of hydrogen-bond acceptors (Lipinski definition) is 14. The second kappa shape index (κ2) is 40.4. The monoisotopic (exact) mass is 1400 g/mol. The summed E-state index contributed by atoms with van der Waals surface area (Å²) in [5, 5.41) is 51.7. The first kappa shape index (κ1) is 66.5. The summed E-state index contributed by atoms with van der Waals surface area (Å²) in [6.45, 7) is 8.50. The highest BCUT2D eigenvalue weighted by Crippen LogP contribution is 2.34. The van der Waals surface area contributed by atoms with Crippen LogP contribution in [-0.2, 0) is 72.1 Å². The number of carbonyl (C=O) groups excluding carboxylic acids is 1. The summed E-state index contributed by atoms with van der Waals surface area (Å²) in [6.07, 6.45) is -1.26. The second-order valence-electron chi connectivity index (χ2n) is 21.6. The van der Waals surface area contributed by atoms with Gasteiger partial charge in [-0.05, 0) is 131 Å². The molecule has 3 fully saturated rings. The molecule has 2 aliphatic heterocycles. The van der Waals surface area contributed by atoms with Crippen LogP contribution in [0, 0.1) is 5.92 Å².